The van der Waals surface area contributed by atoms with Crippen LogP contribution in [0.25, 0.3) is 28.2 Å². The van der Waals surface area contributed by atoms with E-state index < -0.39 is 5.89 Å². The van der Waals surface area contributed by atoms with Gasteiger partial charge in [0.1, 0.15) is 5.69 Å². The van der Waals surface area contributed by atoms with Gasteiger partial charge in [-0.2, -0.15) is 4.57 Å². The minimum atomic E-state index is -0.865. The highest BCUT2D eigenvalue weighted by molar-refractivity contribution is 5.79. The fourth-order valence-electron chi connectivity index (χ4n) is 3.50. The minimum Gasteiger partial charge on any atom is -0.253 e. The van der Waals surface area contributed by atoms with Gasteiger partial charge in [0, 0.05) is 19.7 Å². The Bertz CT molecular complexity index is 1140. The minimum absolute atomic E-state index is 0.654. The molecule has 0 aliphatic carbocycles. The summed E-state index contributed by atoms with van der Waals surface area (Å²) in [6, 6.07) is 16.6. The molecule has 4 heteroatoms. The highest BCUT2D eigenvalue weighted by atomic mass is 15.2. The van der Waals surface area contributed by atoms with E-state index in [4.69, 9.17) is 1.37 Å². The van der Waals surface area contributed by atoms with Crippen LogP contribution >= 0.6 is 0 Å². The van der Waals surface area contributed by atoms with Crippen molar-refractivity contribution in [2.45, 2.75) is 26.7 Å². The predicted octanol–water partition coefficient (Wildman–Crippen LogP) is 4.34. The Morgan fingerprint density at radius 3 is 2.46 bits per heavy atom. The van der Waals surface area contributed by atoms with Crippen LogP contribution in [0.4, 0.5) is 0 Å². The molecule has 0 spiro atoms. The lowest BCUT2D eigenvalue weighted by molar-refractivity contribution is -0.633. The molecule has 4 nitrogen and oxygen atoms in total. The van der Waals surface area contributed by atoms with E-state index in [-0.39, 0.29) is 0 Å². The standard InChI is InChI=1S/C22H23N4/c1-15(2)20-21(24-14-13-23-20)26-19-12-8-7-11-18(19)25(4)22(26)17-10-6-5-9-16(17)3/h5-15H,1-4H3/q+1/i15D. The van der Waals surface area contributed by atoms with E-state index in [0.717, 1.165) is 22.4 Å². The summed E-state index contributed by atoms with van der Waals surface area (Å²) in [7, 11) is 2.07. The summed E-state index contributed by atoms with van der Waals surface area (Å²) in [4.78, 5) is 9.18. The van der Waals surface area contributed by atoms with Gasteiger partial charge >= 0.3 is 0 Å². The number of rotatable bonds is 3. The fourth-order valence-corrected chi connectivity index (χ4v) is 3.50. The molecule has 4 aromatic rings. The van der Waals surface area contributed by atoms with Gasteiger partial charge in [0.25, 0.3) is 5.82 Å². The molecule has 0 aliphatic rings. The van der Waals surface area contributed by atoms with E-state index >= 15 is 0 Å². The number of aromatic nitrogens is 4. The topological polar surface area (TPSA) is 34.6 Å². The van der Waals surface area contributed by atoms with E-state index in [0.29, 0.717) is 11.5 Å². The molecule has 0 aliphatic heterocycles. The van der Waals surface area contributed by atoms with Crippen LogP contribution in [0.1, 0.15) is 32.4 Å². The lowest BCUT2D eigenvalue weighted by Crippen LogP contribution is -2.30. The molecule has 0 N–H and O–H groups in total. The third-order valence-electron chi connectivity index (χ3n) is 4.76. The quantitative estimate of drug-likeness (QED) is 0.518. The third-order valence-corrected chi connectivity index (χ3v) is 4.76. The Morgan fingerprint density at radius 2 is 1.69 bits per heavy atom. The number of para-hydroxylation sites is 2. The molecule has 2 heterocycles. The Labute approximate surface area is 155 Å². The molecule has 4 rings (SSSR count). The summed E-state index contributed by atoms with van der Waals surface area (Å²) >= 11 is 0. The number of benzene rings is 2. The molecule has 0 unspecified atom stereocenters. The van der Waals surface area contributed by atoms with Crippen molar-refractivity contribution in [3.8, 4) is 17.2 Å². The first-order valence-electron chi connectivity index (χ1n) is 9.27. The molecule has 130 valence electrons. The average molecular weight is 344 g/mol. The molecule has 0 saturated carbocycles. The number of imidazole rings is 1. The maximum absolute atomic E-state index is 8.57. The molecule has 26 heavy (non-hydrogen) atoms. The number of nitrogens with zero attached hydrogens (tertiary/aromatic N) is 4. The summed E-state index contributed by atoms with van der Waals surface area (Å²) < 4.78 is 12.9. The highest BCUT2D eigenvalue weighted by Crippen LogP contribution is 2.30. The van der Waals surface area contributed by atoms with Crippen molar-refractivity contribution in [1.29, 1.82) is 0 Å². The van der Waals surface area contributed by atoms with Crippen LogP contribution in [0, 0.1) is 6.92 Å². The smallest absolute Gasteiger partial charge is 0.253 e. The maximum Gasteiger partial charge on any atom is 0.296 e. The van der Waals surface area contributed by atoms with E-state index in [1.807, 2.05) is 32.0 Å². The molecule has 0 fully saturated rings. The lowest BCUT2D eigenvalue weighted by Gasteiger charge is -2.10. The SMILES string of the molecule is [2H]C(C)(C)c1nccnc1-n1c(-c2ccccc2C)[n+](C)c2ccccc21. The van der Waals surface area contributed by atoms with Gasteiger partial charge in [-0.1, -0.05) is 44.2 Å². The Morgan fingerprint density at radius 1 is 1.00 bits per heavy atom. The molecule has 0 amide bonds. The summed E-state index contributed by atoms with van der Waals surface area (Å²) in [5, 5.41) is 0. The van der Waals surface area contributed by atoms with Crippen LogP contribution in [0.2, 0.25) is 0 Å². The zero-order valence-electron chi connectivity index (χ0n) is 16.6. The van der Waals surface area contributed by atoms with Gasteiger partial charge in [0.2, 0.25) is 5.82 Å². The predicted molar refractivity (Wildman–Crippen MR) is 104 cm³/mol. The summed E-state index contributed by atoms with van der Waals surface area (Å²) in [5.74, 6) is 0.865. The number of hydrogen-bond acceptors (Lipinski definition) is 2. The fraction of sp³-hybridized carbons (Fsp3) is 0.227. The zero-order chi connectivity index (χ0) is 19.2. The van der Waals surface area contributed by atoms with Crippen LogP contribution in [0.5, 0.6) is 0 Å². The van der Waals surface area contributed by atoms with Crippen LogP contribution < -0.4 is 4.57 Å². The first-order valence-corrected chi connectivity index (χ1v) is 8.77. The number of aryl methyl sites for hydroxylation is 2. The first kappa shape index (κ1) is 15.3. The molecule has 0 bridgehead atoms. The van der Waals surface area contributed by atoms with Gasteiger partial charge < -0.3 is 0 Å². The second kappa shape index (κ2) is 6.37. The molecule has 0 atom stereocenters. The van der Waals surface area contributed by atoms with Gasteiger partial charge in [-0.3, -0.25) is 4.98 Å². The summed E-state index contributed by atoms with van der Waals surface area (Å²) in [6.07, 6.45) is 3.36. The summed E-state index contributed by atoms with van der Waals surface area (Å²) in [5.41, 5.74) is 5.13. The van der Waals surface area contributed by atoms with Crippen LogP contribution in [-0.4, -0.2) is 14.5 Å². The Balaban J connectivity index is 2.17. The van der Waals surface area contributed by atoms with Crippen LogP contribution in [-0.2, 0) is 7.05 Å². The van der Waals surface area contributed by atoms with Gasteiger partial charge in [0.15, 0.2) is 11.0 Å². The van der Waals surface area contributed by atoms with Crippen molar-refractivity contribution >= 4 is 11.0 Å². The molecular weight excluding hydrogens is 320 g/mol. The van der Waals surface area contributed by atoms with Crippen molar-refractivity contribution < 1.29 is 5.94 Å². The van der Waals surface area contributed by atoms with Crippen molar-refractivity contribution in [3.63, 3.8) is 0 Å². The Hall–Kier alpha value is -3.01. The summed E-state index contributed by atoms with van der Waals surface area (Å²) in [6.45, 7) is 5.81. The maximum atomic E-state index is 8.57. The molecule has 2 aromatic heterocycles. The monoisotopic (exact) mass is 344 g/mol. The van der Waals surface area contributed by atoms with Crippen molar-refractivity contribution in [2.75, 3.05) is 0 Å². The van der Waals surface area contributed by atoms with E-state index in [9.17, 15) is 0 Å². The van der Waals surface area contributed by atoms with Crippen LogP contribution in [0.3, 0.4) is 0 Å². The lowest BCUT2D eigenvalue weighted by atomic mass is 10.1. The van der Waals surface area contributed by atoms with Crippen molar-refractivity contribution in [3.05, 3.63) is 72.2 Å². The molecule has 0 radical (unpaired) electrons. The average Bonchev–Trinajstić information content (AvgIpc) is 2.94. The van der Waals surface area contributed by atoms with E-state index in [1.165, 1.54) is 5.56 Å². The number of hydrogen-bond donors (Lipinski definition) is 0. The second-order valence-corrected chi connectivity index (χ2v) is 6.75. The van der Waals surface area contributed by atoms with Crippen molar-refractivity contribution in [1.82, 2.24) is 14.5 Å². The number of fused-ring (bicyclic) bond motifs is 1. The second-order valence-electron chi connectivity index (χ2n) is 6.75. The zero-order valence-corrected chi connectivity index (χ0v) is 15.6. The van der Waals surface area contributed by atoms with Crippen molar-refractivity contribution in [2.24, 2.45) is 7.05 Å². The third kappa shape index (κ3) is 2.49. The normalized spacial score (nSPS) is 12.4. The molecule has 0 saturated heterocycles. The molecule has 2 aromatic carbocycles. The van der Waals surface area contributed by atoms with Gasteiger partial charge in [0.05, 0.1) is 12.6 Å². The first-order chi connectivity index (χ1) is 12.9. The van der Waals surface area contributed by atoms with Gasteiger partial charge in [-0.05, 0) is 30.7 Å². The van der Waals surface area contributed by atoms with Crippen LogP contribution in [0.15, 0.2) is 60.9 Å². The molecular formula is C22H23N4+. The van der Waals surface area contributed by atoms with Gasteiger partial charge in [-0.25, -0.2) is 9.55 Å². The Kier molecular flexibility index (Phi) is 3.74. The largest absolute Gasteiger partial charge is 0.296 e. The van der Waals surface area contributed by atoms with E-state index in [1.54, 1.807) is 12.4 Å². The van der Waals surface area contributed by atoms with Gasteiger partial charge in [-0.15, -0.1) is 0 Å². The van der Waals surface area contributed by atoms with E-state index in [2.05, 4.69) is 63.4 Å². The highest BCUT2D eigenvalue weighted by Gasteiger charge is 2.29.